The molecule has 1 aromatic rings. The van der Waals surface area contributed by atoms with Crippen molar-refractivity contribution in [1.82, 2.24) is 0 Å². The maximum Gasteiger partial charge on any atom is 0.338 e. The number of esters is 1. The van der Waals surface area contributed by atoms with Gasteiger partial charge in [0.05, 0.1) is 5.56 Å². The second kappa shape index (κ2) is 7.79. The van der Waals surface area contributed by atoms with Crippen molar-refractivity contribution < 1.29 is 19.1 Å². The standard InChI is InChI=1S/C19H25NO4/c1-13-5-2-8-16(11-13)24-19(22)14-6-3-7-15(12-14)20-18(21)17-9-4-10-23-17/h3,6-7,12-13,16-17H,2,4-5,8-11H2,1H3,(H,20,21). The largest absolute Gasteiger partial charge is 0.459 e. The molecule has 5 nitrogen and oxygen atoms in total. The van der Waals surface area contributed by atoms with Crippen LogP contribution >= 0.6 is 0 Å². The van der Waals surface area contributed by atoms with E-state index in [4.69, 9.17) is 9.47 Å². The highest BCUT2D eigenvalue weighted by Gasteiger charge is 2.25. The minimum absolute atomic E-state index is 0.00591. The Kier molecular flexibility index (Phi) is 5.51. The lowest BCUT2D eigenvalue weighted by Crippen LogP contribution is -2.27. The molecule has 2 fully saturated rings. The molecular formula is C19H25NO4. The second-order valence-electron chi connectivity index (χ2n) is 6.87. The number of ether oxygens (including phenoxy) is 2. The van der Waals surface area contributed by atoms with Crippen LogP contribution in [-0.2, 0) is 14.3 Å². The van der Waals surface area contributed by atoms with Crippen LogP contribution < -0.4 is 5.32 Å². The fourth-order valence-corrected chi connectivity index (χ4v) is 3.44. The average molecular weight is 331 g/mol. The maximum absolute atomic E-state index is 12.4. The van der Waals surface area contributed by atoms with Crippen LogP contribution in [0.2, 0.25) is 0 Å². The van der Waals surface area contributed by atoms with E-state index in [1.165, 1.54) is 6.42 Å². The summed E-state index contributed by atoms with van der Waals surface area (Å²) >= 11 is 0. The van der Waals surface area contributed by atoms with Crippen LogP contribution in [0.5, 0.6) is 0 Å². The van der Waals surface area contributed by atoms with E-state index in [0.717, 1.165) is 32.1 Å². The second-order valence-corrected chi connectivity index (χ2v) is 6.87. The summed E-state index contributed by atoms with van der Waals surface area (Å²) in [7, 11) is 0. The van der Waals surface area contributed by atoms with E-state index < -0.39 is 0 Å². The monoisotopic (exact) mass is 331 g/mol. The predicted octanol–water partition coefficient (Wildman–Crippen LogP) is 3.54. The van der Waals surface area contributed by atoms with Crippen molar-refractivity contribution in [2.24, 2.45) is 5.92 Å². The third-order valence-corrected chi connectivity index (χ3v) is 4.75. The van der Waals surface area contributed by atoms with Crippen LogP contribution in [0, 0.1) is 5.92 Å². The number of carbonyl (C=O) groups is 2. The average Bonchev–Trinajstić information content (AvgIpc) is 3.10. The van der Waals surface area contributed by atoms with Gasteiger partial charge in [-0.15, -0.1) is 0 Å². The SMILES string of the molecule is CC1CCCC(OC(=O)c2cccc(NC(=O)C3CCCO3)c2)C1. The van der Waals surface area contributed by atoms with Gasteiger partial charge in [-0.2, -0.15) is 0 Å². The van der Waals surface area contributed by atoms with Gasteiger partial charge in [0.2, 0.25) is 0 Å². The van der Waals surface area contributed by atoms with Crippen LogP contribution in [0.15, 0.2) is 24.3 Å². The van der Waals surface area contributed by atoms with E-state index in [-0.39, 0.29) is 24.1 Å². The van der Waals surface area contributed by atoms with Crippen LogP contribution in [0.1, 0.15) is 55.8 Å². The summed E-state index contributed by atoms with van der Waals surface area (Å²) in [6.45, 7) is 2.82. The number of carbonyl (C=O) groups excluding carboxylic acids is 2. The van der Waals surface area contributed by atoms with Crippen LogP contribution in [0.3, 0.4) is 0 Å². The fraction of sp³-hybridized carbons (Fsp3) is 0.579. The number of hydrogen-bond donors (Lipinski definition) is 1. The number of hydrogen-bond acceptors (Lipinski definition) is 4. The molecule has 1 heterocycles. The highest BCUT2D eigenvalue weighted by Crippen LogP contribution is 2.26. The molecule has 3 atom stereocenters. The van der Waals surface area contributed by atoms with Gasteiger partial charge in [0.25, 0.3) is 5.91 Å². The Hall–Kier alpha value is -1.88. The summed E-state index contributed by atoms with van der Waals surface area (Å²) in [6.07, 6.45) is 5.45. The van der Waals surface area contributed by atoms with E-state index >= 15 is 0 Å². The first-order valence-corrected chi connectivity index (χ1v) is 8.85. The number of nitrogens with one attached hydrogen (secondary N) is 1. The van der Waals surface area contributed by atoms with E-state index in [1.807, 2.05) is 0 Å². The van der Waals surface area contributed by atoms with Gasteiger partial charge in [-0.3, -0.25) is 4.79 Å². The Morgan fingerprint density at radius 1 is 1.21 bits per heavy atom. The topological polar surface area (TPSA) is 64.6 Å². The maximum atomic E-state index is 12.4. The fourth-order valence-electron chi connectivity index (χ4n) is 3.44. The van der Waals surface area contributed by atoms with Gasteiger partial charge in [-0.25, -0.2) is 4.79 Å². The molecular weight excluding hydrogens is 306 g/mol. The van der Waals surface area contributed by atoms with Crippen molar-refractivity contribution in [3.05, 3.63) is 29.8 Å². The first-order chi connectivity index (χ1) is 11.6. The number of rotatable bonds is 4. The predicted molar refractivity (Wildman–Crippen MR) is 90.9 cm³/mol. The molecule has 0 radical (unpaired) electrons. The minimum atomic E-state index is -0.385. The lowest BCUT2D eigenvalue weighted by molar-refractivity contribution is -0.124. The van der Waals surface area contributed by atoms with Gasteiger partial charge in [-0.05, 0) is 56.2 Å². The Balaban J connectivity index is 1.59. The molecule has 2 aliphatic rings. The smallest absolute Gasteiger partial charge is 0.338 e. The van der Waals surface area contributed by atoms with Crippen molar-refractivity contribution >= 4 is 17.6 Å². The quantitative estimate of drug-likeness (QED) is 0.857. The molecule has 1 saturated carbocycles. The van der Waals surface area contributed by atoms with Crippen LogP contribution in [0.4, 0.5) is 5.69 Å². The van der Waals surface area contributed by atoms with Crippen molar-refractivity contribution in [2.45, 2.75) is 57.7 Å². The van der Waals surface area contributed by atoms with Gasteiger partial charge in [0.1, 0.15) is 12.2 Å². The third-order valence-electron chi connectivity index (χ3n) is 4.75. The van der Waals surface area contributed by atoms with Gasteiger partial charge in [-0.1, -0.05) is 19.4 Å². The lowest BCUT2D eigenvalue weighted by atomic mass is 9.89. The zero-order chi connectivity index (χ0) is 16.9. The summed E-state index contributed by atoms with van der Waals surface area (Å²) in [6, 6.07) is 6.91. The Labute approximate surface area is 142 Å². The first kappa shape index (κ1) is 17.0. The molecule has 0 aromatic heterocycles. The molecule has 0 spiro atoms. The van der Waals surface area contributed by atoms with Crippen molar-refractivity contribution in [3.8, 4) is 0 Å². The summed E-state index contributed by atoms with van der Waals surface area (Å²) in [5.74, 6) is 0.134. The third kappa shape index (κ3) is 4.35. The highest BCUT2D eigenvalue weighted by molar-refractivity contribution is 5.96. The van der Waals surface area contributed by atoms with Crippen molar-refractivity contribution in [3.63, 3.8) is 0 Å². The molecule has 130 valence electrons. The summed E-state index contributed by atoms with van der Waals surface area (Å²) in [5.41, 5.74) is 1.07. The first-order valence-electron chi connectivity index (χ1n) is 8.85. The van der Waals surface area contributed by atoms with Crippen molar-refractivity contribution in [2.75, 3.05) is 11.9 Å². The van der Waals surface area contributed by atoms with E-state index in [1.54, 1.807) is 24.3 Å². The Morgan fingerprint density at radius 3 is 2.83 bits per heavy atom. The lowest BCUT2D eigenvalue weighted by Gasteiger charge is -2.26. The van der Waals surface area contributed by atoms with Crippen molar-refractivity contribution in [1.29, 1.82) is 0 Å². The molecule has 1 aliphatic carbocycles. The molecule has 24 heavy (non-hydrogen) atoms. The van der Waals surface area contributed by atoms with E-state index in [2.05, 4.69) is 12.2 Å². The molecule has 1 aliphatic heterocycles. The zero-order valence-corrected chi connectivity index (χ0v) is 14.1. The molecule has 3 rings (SSSR count). The van der Waals surface area contributed by atoms with Crippen LogP contribution in [-0.4, -0.2) is 30.7 Å². The molecule has 1 N–H and O–H groups in total. The van der Waals surface area contributed by atoms with Crippen LogP contribution in [0.25, 0.3) is 0 Å². The summed E-state index contributed by atoms with van der Waals surface area (Å²) < 4.78 is 11.0. The van der Waals surface area contributed by atoms with Gasteiger partial charge >= 0.3 is 5.97 Å². The minimum Gasteiger partial charge on any atom is -0.459 e. The number of benzene rings is 1. The van der Waals surface area contributed by atoms with Gasteiger partial charge in [0, 0.05) is 12.3 Å². The molecule has 3 unspecified atom stereocenters. The molecule has 1 amide bonds. The Morgan fingerprint density at radius 2 is 2.08 bits per heavy atom. The molecule has 1 saturated heterocycles. The van der Waals surface area contributed by atoms with Gasteiger partial charge < -0.3 is 14.8 Å². The highest BCUT2D eigenvalue weighted by atomic mass is 16.5. The number of amides is 1. The molecule has 0 bridgehead atoms. The molecule has 5 heteroatoms. The normalized spacial score (nSPS) is 26.8. The summed E-state index contributed by atoms with van der Waals surface area (Å²) in [5, 5.41) is 2.82. The van der Waals surface area contributed by atoms with Gasteiger partial charge in [0.15, 0.2) is 0 Å². The summed E-state index contributed by atoms with van der Waals surface area (Å²) in [4.78, 5) is 24.5. The van der Waals surface area contributed by atoms with E-state index in [9.17, 15) is 9.59 Å². The molecule has 1 aromatic carbocycles. The zero-order valence-electron chi connectivity index (χ0n) is 14.1. The van der Waals surface area contributed by atoms with E-state index in [0.29, 0.717) is 23.8 Å². The number of anilines is 1. The Bertz CT molecular complexity index is 595.